The Morgan fingerprint density at radius 3 is 2.21 bits per heavy atom. The van der Waals surface area contributed by atoms with Crippen molar-refractivity contribution in [1.29, 1.82) is 0 Å². The van der Waals surface area contributed by atoms with Gasteiger partial charge in [-0.05, 0) is 131 Å². The van der Waals surface area contributed by atoms with Crippen LogP contribution >= 0.6 is 0 Å². The predicted molar refractivity (Wildman–Crippen MR) is 268 cm³/mol. The number of aromatic nitrogens is 1. The van der Waals surface area contributed by atoms with Gasteiger partial charge in [-0.15, -0.1) is 0 Å². The molecule has 0 bridgehead atoms. The molecular formula is C54H60FN9O7. The zero-order chi connectivity index (χ0) is 49.4. The quantitative estimate of drug-likeness (QED) is 0.0624. The van der Waals surface area contributed by atoms with E-state index in [1.54, 1.807) is 42.5 Å². The van der Waals surface area contributed by atoms with Gasteiger partial charge in [0.05, 0.1) is 18.3 Å². The van der Waals surface area contributed by atoms with Crippen LogP contribution in [0.2, 0.25) is 0 Å². The average molecular weight is 966 g/mol. The van der Waals surface area contributed by atoms with Gasteiger partial charge < -0.3 is 35.2 Å². The number of piperazine rings is 1. The molecule has 370 valence electrons. The van der Waals surface area contributed by atoms with Crippen molar-refractivity contribution in [3.63, 3.8) is 0 Å². The van der Waals surface area contributed by atoms with Gasteiger partial charge >= 0.3 is 0 Å². The number of benzene rings is 4. The van der Waals surface area contributed by atoms with E-state index in [1.165, 1.54) is 24.3 Å². The van der Waals surface area contributed by atoms with Gasteiger partial charge in [0.2, 0.25) is 23.6 Å². The van der Waals surface area contributed by atoms with Gasteiger partial charge in [0, 0.05) is 111 Å². The van der Waals surface area contributed by atoms with Crippen LogP contribution in [-0.4, -0.2) is 120 Å². The molecule has 3 saturated heterocycles. The standard InChI is InChI=1S/C54H60FN9O7/c1-33-29-61(26-23-57-43-6-4-5-40-42(43)32-64(51(40)67)45-15-16-49(65)60-50(45)66)30-34(2)63(33)31-35-18-24-62(25-19-35)46-28-44-41(27-48(46)70-3)47(17-22-56-44)71-39-13-11-38(12-14-39)59-53(69)54(20-21-54)52(68)58-37-9-7-36(55)8-10-37/h4-14,17,22,27-28,33-35,45,57H,15-16,18-21,23-26,29-32H2,1-3H3,(H,58,68)(H,59,69)(H,60,65,66). The van der Waals surface area contributed by atoms with Crippen molar-refractivity contribution >= 4 is 63.2 Å². The van der Waals surface area contributed by atoms with Gasteiger partial charge in [0.25, 0.3) is 5.91 Å². The number of amides is 5. The number of rotatable bonds is 15. The van der Waals surface area contributed by atoms with Crippen LogP contribution in [-0.2, 0) is 25.7 Å². The number of anilines is 4. The molecule has 4 fully saturated rings. The molecule has 5 amide bonds. The molecule has 4 aromatic carbocycles. The van der Waals surface area contributed by atoms with Gasteiger partial charge in [-0.3, -0.25) is 44.1 Å². The number of ether oxygens (including phenoxy) is 2. The van der Waals surface area contributed by atoms with E-state index in [0.717, 1.165) is 92.2 Å². The van der Waals surface area contributed by atoms with Crippen molar-refractivity contribution in [3.8, 4) is 17.2 Å². The zero-order valence-corrected chi connectivity index (χ0v) is 40.3. The molecule has 3 atom stereocenters. The molecule has 5 heterocycles. The van der Waals surface area contributed by atoms with Crippen LogP contribution in [0.25, 0.3) is 10.9 Å². The molecule has 1 saturated carbocycles. The van der Waals surface area contributed by atoms with E-state index in [0.29, 0.717) is 72.2 Å². The molecule has 17 heteroatoms. The monoisotopic (exact) mass is 965 g/mol. The summed E-state index contributed by atoms with van der Waals surface area (Å²) in [6, 6.07) is 24.2. The van der Waals surface area contributed by atoms with Gasteiger partial charge in [-0.1, -0.05) is 6.07 Å². The van der Waals surface area contributed by atoms with E-state index in [1.807, 2.05) is 30.3 Å². The largest absolute Gasteiger partial charge is 0.495 e. The number of fused-ring (bicyclic) bond motifs is 2. The Labute approximate surface area is 412 Å². The minimum atomic E-state index is -1.17. The summed E-state index contributed by atoms with van der Waals surface area (Å²) in [6.07, 6.45) is 5.28. The van der Waals surface area contributed by atoms with Crippen molar-refractivity contribution in [2.24, 2.45) is 11.3 Å². The number of hydrogen-bond acceptors (Lipinski definition) is 12. The summed E-state index contributed by atoms with van der Waals surface area (Å²) in [6.45, 7) is 11.4. The highest BCUT2D eigenvalue weighted by Gasteiger charge is 2.56. The van der Waals surface area contributed by atoms with Crippen molar-refractivity contribution in [1.82, 2.24) is 25.0 Å². The van der Waals surface area contributed by atoms with Crippen LogP contribution in [0.3, 0.4) is 0 Å². The molecule has 0 radical (unpaired) electrons. The second kappa shape index (κ2) is 19.9. The Hall–Kier alpha value is -7.11. The third-order valence-electron chi connectivity index (χ3n) is 15.0. The first kappa shape index (κ1) is 47.6. The van der Waals surface area contributed by atoms with Crippen LogP contribution < -0.4 is 35.6 Å². The molecule has 0 spiro atoms. The maximum absolute atomic E-state index is 13.3. The summed E-state index contributed by atoms with van der Waals surface area (Å²) >= 11 is 0. The van der Waals surface area contributed by atoms with E-state index < -0.39 is 35.0 Å². The number of halogens is 1. The lowest BCUT2D eigenvalue weighted by atomic mass is 9.93. The Balaban J connectivity index is 0.697. The maximum Gasteiger partial charge on any atom is 0.255 e. The number of methoxy groups -OCH3 is 1. The normalized spacial score (nSPS) is 21.4. The molecule has 71 heavy (non-hydrogen) atoms. The fourth-order valence-electron chi connectivity index (χ4n) is 10.8. The Morgan fingerprint density at radius 1 is 0.859 bits per heavy atom. The van der Waals surface area contributed by atoms with Crippen molar-refractivity contribution < 1.29 is 37.8 Å². The molecular weight excluding hydrogens is 906 g/mol. The Bertz CT molecular complexity index is 2840. The predicted octanol–water partition coefficient (Wildman–Crippen LogP) is 7.02. The number of carbonyl (C=O) groups is 5. The molecule has 1 aliphatic carbocycles. The van der Waals surface area contributed by atoms with Crippen molar-refractivity contribution in [3.05, 3.63) is 108 Å². The minimum absolute atomic E-state index is 0.165. The van der Waals surface area contributed by atoms with Gasteiger partial charge in [0.15, 0.2) is 0 Å². The second-order valence-electron chi connectivity index (χ2n) is 19.7. The van der Waals surface area contributed by atoms with Crippen molar-refractivity contribution in [2.45, 2.75) is 77.0 Å². The third kappa shape index (κ3) is 9.98. The topological polar surface area (TPSA) is 178 Å². The zero-order valence-electron chi connectivity index (χ0n) is 40.3. The van der Waals surface area contributed by atoms with E-state index in [9.17, 15) is 28.4 Å². The highest BCUT2D eigenvalue weighted by atomic mass is 19.1. The molecule has 4 N–H and O–H groups in total. The van der Waals surface area contributed by atoms with Crippen LogP contribution in [0.1, 0.15) is 68.3 Å². The smallest absolute Gasteiger partial charge is 0.255 e. The summed E-state index contributed by atoms with van der Waals surface area (Å²) in [5.41, 5.74) is 4.01. The first-order valence-corrected chi connectivity index (χ1v) is 24.7. The summed E-state index contributed by atoms with van der Waals surface area (Å²) in [5, 5.41) is 12.4. The number of pyridine rings is 1. The van der Waals surface area contributed by atoms with Gasteiger partial charge in [-0.2, -0.15) is 0 Å². The number of imide groups is 1. The summed E-state index contributed by atoms with van der Waals surface area (Å²) < 4.78 is 25.7. The van der Waals surface area contributed by atoms with Crippen LogP contribution in [0.4, 0.5) is 27.1 Å². The highest BCUT2D eigenvalue weighted by Crippen LogP contribution is 2.48. The summed E-state index contributed by atoms with van der Waals surface area (Å²) in [5.74, 6) is 0.416. The van der Waals surface area contributed by atoms with E-state index in [-0.39, 0.29) is 18.2 Å². The number of nitrogens with one attached hydrogen (secondary N) is 4. The highest BCUT2D eigenvalue weighted by molar-refractivity contribution is 6.17. The second-order valence-corrected chi connectivity index (χ2v) is 19.7. The number of carbonyl (C=O) groups excluding carboxylic acids is 5. The lowest BCUT2D eigenvalue weighted by Crippen LogP contribution is -2.58. The summed E-state index contributed by atoms with van der Waals surface area (Å²) in [7, 11) is 1.69. The van der Waals surface area contributed by atoms with Crippen LogP contribution in [0.15, 0.2) is 91.1 Å². The fraction of sp³-hybridized carbons (Fsp3) is 0.407. The van der Waals surface area contributed by atoms with Gasteiger partial charge in [0.1, 0.15) is 34.5 Å². The number of piperidine rings is 2. The number of hydrogen-bond donors (Lipinski definition) is 4. The molecule has 16 nitrogen and oxygen atoms in total. The number of nitrogens with zero attached hydrogens (tertiary/aromatic N) is 5. The molecule has 3 unspecified atom stereocenters. The van der Waals surface area contributed by atoms with Gasteiger partial charge in [-0.25, -0.2) is 4.39 Å². The minimum Gasteiger partial charge on any atom is -0.495 e. The van der Waals surface area contributed by atoms with Crippen LogP contribution in [0, 0.1) is 17.2 Å². The molecule has 10 rings (SSSR count). The lowest BCUT2D eigenvalue weighted by Gasteiger charge is -2.47. The average Bonchev–Trinajstić information content (AvgIpc) is 4.12. The molecule has 5 aromatic rings. The van der Waals surface area contributed by atoms with Crippen LogP contribution in [0.5, 0.6) is 17.2 Å². The first-order chi connectivity index (χ1) is 34.3. The SMILES string of the molecule is COc1cc2c(Oc3ccc(NC(=O)C4(C(=O)Nc5ccc(F)cc5)CC4)cc3)ccnc2cc1N1CCC(CN2C(C)CN(CCNc3cccc4c3CN(C3CCC(=O)NC3=O)C4=O)CC2C)CC1. The first-order valence-electron chi connectivity index (χ1n) is 24.7. The Kier molecular flexibility index (Phi) is 13.4. The van der Waals surface area contributed by atoms with E-state index in [4.69, 9.17) is 14.5 Å². The Morgan fingerprint density at radius 2 is 1.55 bits per heavy atom. The fourth-order valence-corrected chi connectivity index (χ4v) is 10.8. The lowest BCUT2D eigenvalue weighted by molar-refractivity contribution is -0.137. The van der Waals surface area contributed by atoms with E-state index in [2.05, 4.69) is 55.9 Å². The summed E-state index contributed by atoms with van der Waals surface area (Å²) in [4.78, 5) is 77.8. The third-order valence-corrected chi connectivity index (χ3v) is 15.0. The molecule has 1 aromatic heterocycles. The molecule has 4 aliphatic heterocycles. The van der Waals surface area contributed by atoms with E-state index >= 15 is 0 Å². The van der Waals surface area contributed by atoms with Crippen molar-refractivity contribution in [2.75, 3.05) is 73.8 Å². The maximum atomic E-state index is 13.3. The molecule has 5 aliphatic rings.